The molecule has 0 spiro atoms. The van der Waals surface area contributed by atoms with Crippen LogP contribution in [0.4, 0.5) is 0 Å². The minimum Gasteiger partial charge on any atom is -0.370 e. The number of nitrogens with one attached hydrogen (secondary N) is 1. The van der Waals surface area contributed by atoms with Crippen LogP contribution < -0.4 is 16.8 Å². The second-order valence-electron chi connectivity index (χ2n) is 7.19. The summed E-state index contributed by atoms with van der Waals surface area (Å²) in [5.41, 5.74) is 11.3. The highest BCUT2D eigenvalue weighted by Crippen LogP contribution is 2.59. The molecular weight excluding hydrogens is 367 g/mol. The molecule has 1 amide bonds. The molecule has 9 heteroatoms. The fourth-order valence-corrected chi connectivity index (χ4v) is 5.35. The predicted molar refractivity (Wildman–Crippen MR) is 108 cm³/mol. The van der Waals surface area contributed by atoms with E-state index in [1.165, 1.54) is 6.92 Å². The summed E-state index contributed by atoms with van der Waals surface area (Å²) >= 11 is 0. The van der Waals surface area contributed by atoms with Crippen molar-refractivity contribution in [3.8, 4) is 0 Å². The van der Waals surface area contributed by atoms with Crippen molar-refractivity contribution < 1.29 is 18.4 Å². The topological polar surface area (TPSA) is 129 Å². The molecule has 0 fully saturated rings. The van der Waals surface area contributed by atoms with Gasteiger partial charge in [0.2, 0.25) is 5.91 Å². The van der Waals surface area contributed by atoms with Crippen LogP contribution in [0.15, 0.2) is 16.4 Å². The van der Waals surface area contributed by atoms with E-state index in [-0.39, 0.29) is 43.1 Å². The van der Waals surface area contributed by atoms with E-state index >= 15 is 0 Å². The zero-order chi connectivity index (χ0) is 20.6. The van der Waals surface area contributed by atoms with E-state index in [1.807, 2.05) is 6.08 Å². The van der Waals surface area contributed by atoms with E-state index in [0.29, 0.717) is 24.1 Å². The number of hydrogen-bond acceptors (Lipinski definition) is 5. The number of carbonyl (C=O) groups is 1. The van der Waals surface area contributed by atoms with Gasteiger partial charge in [-0.1, -0.05) is 19.9 Å². The molecule has 0 saturated heterocycles. The van der Waals surface area contributed by atoms with Gasteiger partial charge in [0.15, 0.2) is 5.96 Å². The molecule has 27 heavy (non-hydrogen) atoms. The number of aliphatic imine (C=N–C) groups is 1. The van der Waals surface area contributed by atoms with Gasteiger partial charge in [0.05, 0.1) is 19.3 Å². The van der Waals surface area contributed by atoms with Crippen LogP contribution in [0.25, 0.3) is 0 Å². The van der Waals surface area contributed by atoms with Gasteiger partial charge in [-0.2, -0.15) is 0 Å². The summed E-state index contributed by atoms with van der Waals surface area (Å²) in [6.45, 7) is 9.84. The molecule has 0 aromatic heterocycles. The maximum absolute atomic E-state index is 13.1. The number of nitrogens with zero attached hydrogens (tertiary/aromatic N) is 1. The summed E-state index contributed by atoms with van der Waals surface area (Å²) < 4.78 is 24.1. The first kappa shape index (κ1) is 23.7. The Morgan fingerprint density at radius 1 is 1.33 bits per heavy atom. The number of hydrogen-bond donors (Lipinski definition) is 3. The maximum atomic E-state index is 13.1. The summed E-state index contributed by atoms with van der Waals surface area (Å²) in [7, 11) is -3.36. The first-order chi connectivity index (χ1) is 12.6. The third kappa shape index (κ3) is 7.28. The molecule has 0 heterocycles. The smallest absolute Gasteiger partial charge is 0.357 e. The molecule has 156 valence electrons. The Morgan fingerprint density at radius 3 is 2.37 bits per heavy atom. The van der Waals surface area contributed by atoms with Gasteiger partial charge in [-0.15, -0.1) is 0 Å². The zero-order valence-corrected chi connectivity index (χ0v) is 18.0. The van der Waals surface area contributed by atoms with Gasteiger partial charge >= 0.3 is 7.60 Å². The average molecular weight is 402 g/mol. The Morgan fingerprint density at radius 2 is 1.93 bits per heavy atom. The molecule has 1 aliphatic carbocycles. The number of amides is 1. The Balaban J connectivity index is 3.22. The van der Waals surface area contributed by atoms with Gasteiger partial charge in [-0.05, 0) is 32.6 Å². The number of guanidine groups is 1. The molecule has 0 bridgehead atoms. The van der Waals surface area contributed by atoms with Crippen LogP contribution in [0, 0.1) is 11.8 Å². The lowest BCUT2D eigenvalue weighted by atomic mass is 9.80. The lowest BCUT2D eigenvalue weighted by Gasteiger charge is -2.37. The Hall–Kier alpha value is -1.37. The van der Waals surface area contributed by atoms with Crippen molar-refractivity contribution in [2.75, 3.05) is 13.2 Å². The summed E-state index contributed by atoms with van der Waals surface area (Å²) in [5.74, 6) is 0.275. The van der Waals surface area contributed by atoms with E-state index in [0.717, 1.165) is 6.42 Å². The van der Waals surface area contributed by atoms with Gasteiger partial charge in [0, 0.05) is 30.6 Å². The van der Waals surface area contributed by atoms with E-state index in [2.05, 4.69) is 24.2 Å². The van der Waals surface area contributed by atoms with Gasteiger partial charge in [-0.25, -0.2) is 4.99 Å². The molecule has 0 radical (unpaired) electrons. The fourth-order valence-electron chi connectivity index (χ4n) is 3.52. The van der Waals surface area contributed by atoms with E-state index < -0.39 is 7.60 Å². The zero-order valence-electron chi connectivity index (χ0n) is 17.1. The van der Waals surface area contributed by atoms with Crippen LogP contribution in [-0.2, 0) is 18.4 Å². The standard InChI is InChI=1S/C18H35N4O4P/c1-6-25-27(24,26-7-2)14-8-9-15(17(11-14)22-18(19)20)16(10-12(3)4)21-13(5)23/h8,12,15-17H,6-7,9-11H2,1-5H3,(H,21,23)(H4,19,20,22)/t15-,16-,17+/m0/s1. The highest BCUT2D eigenvalue weighted by molar-refractivity contribution is 7.58. The van der Waals surface area contributed by atoms with Gasteiger partial charge < -0.3 is 25.8 Å². The molecule has 0 aromatic rings. The summed E-state index contributed by atoms with van der Waals surface area (Å²) in [6, 6.07) is -0.383. The Bertz CT molecular complexity index is 592. The van der Waals surface area contributed by atoms with Crippen molar-refractivity contribution in [3.63, 3.8) is 0 Å². The highest BCUT2D eigenvalue weighted by atomic mass is 31.2. The van der Waals surface area contributed by atoms with Gasteiger partial charge in [-0.3, -0.25) is 9.36 Å². The average Bonchev–Trinajstić information content (AvgIpc) is 2.53. The molecule has 1 rings (SSSR count). The minimum absolute atomic E-state index is 0.00106. The van der Waals surface area contributed by atoms with E-state index in [1.54, 1.807) is 13.8 Å². The van der Waals surface area contributed by atoms with Crippen LogP contribution in [0.3, 0.4) is 0 Å². The van der Waals surface area contributed by atoms with Crippen LogP contribution in [-0.4, -0.2) is 37.2 Å². The first-order valence-corrected chi connectivity index (χ1v) is 11.1. The Labute approximate surface area is 162 Å². The second-order valence-corrected chi connectivity index (χ2v) is 9.28. The molecule has 1 aliphatic rings. The first-order valence-electron chi connectivity index (χ1n) is 9.57. The van der Waals surface area contributed by atoms with Crippen LogP contribution in [0.1, 0.15) is 53.9 Å². The summed E-state index contributed by atoms with van der Waals surface area (Å²) in [5, 5.41) is 3.64. The molecule has 8 nitrogen and oxygen atoms in total. The second kappa shape index (κ2) is 10.8. The summed E-state index contributed by atoms with van der Waals surface area (Å²) in [6.07, 6.45) is 3.66. The van der Waals surface area contributed by atoms with Crippen molar-refractivity contribution in [3.05, 3.63) is 11.4 Å². The normalized spacial score (nSPS) is 21.5. The lowest BCUT2D eigenvalue weighted by Crippen LogP contribution is -2.46. The molecule has 0 aliphatic heterocycles. The maximum Gasteiger partial charge on any atom is 0.357 e. The lowest BCUT2D eigenvalue weighted by molar-refractivity contribution is -0.120. The molecule has 0 unspecified atom stereocenters. The predicted octanol–water partition coefficient (Wildman–Crippen LogP) is 2.74. The highest BCUT2D eigenvalue weighted by Gasteiger charge is 2.39. The fraction of sp³-hybridized carbons (Fsp3) is 0.778. The monoisotopic (exact) mass is 402 g/mol. The third-order valence-corrected chi connectivity index (χ3v) is 6.70. The number of carbonyl (C=O) groups excluding carboxylic acids is 1. The van der Waals surface area contributed by atoms with Crippen molar-refractivity contribution in [1.29, 1.82) is 0 Å². The third-order valence-electron chi connectivity index (χ3n) is 4.43. The Kier molecular flexibility index (Phi) is 9.50. The van der Waals surface area contributed by atoms with Crippen LogP contribution >= 0.6 is 7.60 Å². The summed E-state index contributed by atoms with van der Waals surface area (Å²) in [4.78, 5) is 16.1. The van der Waals surface area contributed by atoms with Crippen molar-refractivity contribution in [2.24, 2.45) is 28.3 Å². The van der Waals surface area contributed by atoms with Gasteiger partial charge in [0.25, 0.3) is 0 Å². The number of allylic oxidation sites excluding steroid dienone is 1. The molecule has 0 aromatic carbocycles. The molecule has 5 N–H and O–H groups in total. The largest absolute Gasteiger partial charge is 0.370 e. The molecule has 3 atom stereocenters. The van der Waals surface area contributed by atoms with Crippen molar-refractivity contribution in [1.82, 2.24) is 5.32 Å². The quantitative estimate of drug-likeness (QED) is 0.293. The van der Waals surface area contributed by atoms with E-state index in [9.17, 15) is 9.36 Å². The van der Waals surface area contributed by atoms with Crippen molar-refractivity contribution >= 4 is 19.5 Å². The molecular formula is C18H35N4O4P. The SMILES string of the molecule is CCOP(=O)(OCC)C1=CC[C@@H]([C@H](CC(C)C)NC(C)=O)[C@H](N=C(N)N)C1. The van der Waals surface area contributed by atoms with Gasteiger partial charge in [0.1, 0.15) is 0 Å². The minimum atomic E-state index is -3.36. The number of nitrogens with two attached hydrogens (primary N) is 2. The van der Waals surface area contributed by atoms with E-state index in [4.69, 9.17) is 20.5 Å². The van der Waals surface area contributed by atoms with Crippen LogP contribution in [0.2, 0.25) is 0 Å². The number of rotatable bonds is 10. The van der Waals surface area contributed by atoms with Crippen molar-refractivity contribution in [2.45, 2.75) is 66.0 Å². The van der Waals surface area contributed by atoms with Crippen LogP contribution in [0.5, 0.6) is 0 Å². The molecule has 0 saturated carbocycles.